The van der Waals surface area contributed by atoms with E-state index in [9.17, 15) is 9.18 Å². The number of rotatable bonds is 4. The van der Waals surface area contributed by atoms with Gasteiger partial charge in [0, 0.05) is 18.0 Å². The van der Waals surface area contributed by atoms with E-state index in [1.807, 2.05) is 13.8 Å². The molecule has 0 radical (unpaired) electrons. The molecule has 0 saturated heterocycles. The Morgan fingerprint density at radius 2 is 2.25 bits per heavy atom. The first-order valence-corrected chi connectivity index (χ1v) is 7.51. The van der Waals surface area contributed by atoms with Gasteiger partial charge in [-0.2, -0.15) is 5.10 Å². The second kappa shape index (κ2) is 6.31. The molecule has 1 atom stereocenters. The van der Waals surface area contributed by atoms with E-state index in [0.29, 0.717) is 22.6 Å². The lowest BCUT2D eigenvalue weighted by Gasteiger charge is -2.13. The Morgan fingerprint density at radius 1 is 1.46 bits per heavy atom. The molecule has 8 heteroatoms. The summed E-state index contributed by atoms with van der Waals surface area (Å²) in [6.07, 6.45) is 1.43. The van der Waals surface area contributed by atoms with Crippen molar-refractivity contribution in [3.05, 3.63) is 47.5 Å². The highest BCUT2D eigenvalue weighted by Crippen LogP contribution is 2.29. The first-order valence-electron chi connectivity index (χ1n) is 7.51. The Balaban J connectivity index is 1.68. The van der Waals surface area contributed by atoms with E-state index in [1.165, 1.54) is 18.5 Å². The van der Waals surface area contributed by atoms with Gasteiger partial charge in [0.25, 0.3) is 0 Å². The van der Waals surface area contributed by atoms with Crippen LogP contribution in [-0.4, -0.2) is 20.8 Å². The summed E-state index contributed by atoms with van der Waals surface area (Å²) in [5.74, 6) is 0.928. The zero-order valence-corrected chi connectivity index (χ0v) is 13.6. The normalized spacial score (nSPS) is 12.3. The van der Waals surface area contributed by atoms with Crippen molar-refractivity contribution in [2.75, 3.05) is 0 Å². The number of carbonyl (C=O) groups excluding carboxylic acids is 1. The van der Waals surface area contributed by atoms with Crippen LogP contribution in [-0.2, 0) is 13.6 Å². The summed E-state index contributed by atoms with van der Waals surface area (Å²) in [5, 5.41) is 10.2. The van der Waals surface area contributed by atoms with Crippen LogP contribution in [0.2, 0.25) is 0 Å². The van der Waals surface area contributed by atoms with Crippen molar-refractivity contribution >= 4 is 17.0 Å². The number of furan rings is 1. The van der Waals surface area contributed by atoms with Crippen LogP contribution in [0.5, 0.6) is 0 Å². The highest BCUT2D eigenvalue weighted by Gasteiger charge is 2.19. The van der Waals surface area contributed by atoms with Crippen molar-refractivity contribution in [3.8, 4) is 0 Å². The van der Waals surface area contributed by atoms with Gasteiger partial charge in [-0.25, -0.2) is 14.2 Å². The van der Waals surface area contributed by atoms with Gasteiger partial charge in [-0.15, -0.1) is 0 Å². The molecule has 2 heterocycles. The second-order valence-corrected chi connectivity index (χ2v) is 5.58. The minimum Gasteiger partial charge on any atom is -0.459 e. The van der Waals surface area contributed by atoms with Crippen LogP contribution >= 0.6 is 0 Å². The zero-order chi connectivity index (χ0) is 17.3. The number of nitrogens with one attached hydrogen (secondary N) is 2. The summed E-state index contributed by atoms with van der Waals surface area (Å²) >= 11 is 0. The van der Waals surface area contributed by atoms with E-state index in [2.05, 4.69) is 20.7 Å². The topological polar surface area (TPSA) is 85.0 Å². The second-order valence-electron chi connectivity index (χ2n) is 5.58. The van der Waals surface area contributed by atoms with Gasteiger partial charge in [0.15, 0.2) is 0 Å². The third-order valence-electron chi connectivity index (χ3n) is 3.89. The van der Waals surface area contributed by atoms with Crippen molar-refractivity contribution in [2.45, 2.75) is 26.4 Å². The van der Waals surface area contributed by atoms with Crippen molar-refractivity contribution < 1.29 is 13.6 Å². The molecule has 0 unspecified atom stereocenters. The van der Waals surface area contributed by atoms with E-state index < -0.39 is 0 Å². The molecule has 0 bridgehead atoms. The lowest BCUT2D eigenvalue weighted by atomic mass is 10.1. The van der Waals surface area contributed by atoms with Crippen molar-refractivity contribution in [2.24, 2.45) is 7.05 Å². The maximum atomic E-state index is 13.4. The number of hydrogen-bond acceptors (Lipinski definition) is 4. The molecule has 1 aromatic carbocycles. The van der Waals surface area contributed by atoms with E-state index in [4.69, 9.17) is 4.42 Å². The maximum absolute atomic E-state index is 13.4. The largest absolute Gasteiger partial charge is 0.459 e. The van der Waals surface area contributed by atoms with Crippen LogP contribution in [0.1, 0.15) is 30.1 Å². The maximum Gasteiger partial charge on any atom is 0.315 e. The number of hydrogen-bond donors (Lipinski definition) is 2. The van der Waals surface area contributed by atoms with E-state index >= 15 is 0 Å². The van der Waals surface area contributed by atoms with Gasteiger partial charge in [-0.3, -0.25) is 4.68 Å². The van der Waals surface area contributed by atoms with Gasteiger partial charge in [-0.1, -0.05) is 0 Å². The molecular formula is C16H18FN5O2. The van der Waals surface area contributed by atoms with Crippen molar-refractivity contribution in [1.82, 2.24) is 25.4 Å². The summed E-state index contributed by atoms with van der Waals surface area (Å²) in [7, 11) is 1.75. The zero-order valence-electron chi connectivity index (χ0n) is 13.6. The third-order valence-corrected chi connectivity index (χ3v) is 3.89. The third kappa shape index (κ3) is 3.08. The molecule has 0 aliphatic heterocycles. The summed E-state index contributed by atoms with van der Waals surface area (Å²) in [4.78, 5) is 16.1. The van der Waals surface area contributed by atoms with Crippen LogP contribution < -0.4 is 10.6 Å². The molecule has 3 rings (SSSR count). The van der Waals surface area contributed by atoms with Crippen LogP contribution in [0.25, 0.3) is 11.0 Å². The van der Waals surface area contributed by atoms with Crippen LogP contribution in [0, 0.1) is 12.7 Å². The van der Waals surface area contributed by atoms with Gasteiger partial charge in [0.05, 0.1) is 12.6 Å². The highest BCUT2D eigenvalue weighted by atomic mass is 19.1. The molecular weight excluding hydrogens is 313 g/mol. The highest BCUT2D eigenvalue weighted by molar-refractivity contribution is 5.82. The Bertz CT molecular complexity index is 886. The molecule has 0 aliphatic rings. The molecule has 24 heavy (non-hydrogen) atoms. The molecule has 7 nitrogen and oxygen atoms in total. The first kappa shape index (κ1) is 16.0. The lowest BCUT2D eigenvalue weighted by Crippen LogP contribution is -2.37. The fraction of sp³-hybridized carbons (Fsp3) is 0.312. The molecule has 2 amide bonds. The lowest BCUT2D eigenvalue weighted by molar-refractivity contribution is 0.235. The summed E-state index contributed by atoms with van der Waals surface area (Å²) in [6.45, 7) is 3.92. The average molecular weight is 331 g/mol. The minimum atomic E-state index is -0.361. The fourth-order valence-corrected chi connectivity index (χ4v) is 2.58. The molecule has 3 aromatic rings. The number of benzene rings is 1. The summed E-state index contributed by atoms with van der Waals surface area (Å²) in [6, 6.07) is 3.65. The monoisotopic (exact) mass is 331 g/mol. The van der Waals surface area contributed by atoms with Crippen molar-refractivity contribution in [1.29, 1.82) is 0 Å². The molecule has 0 aliphatic carbocycles. The summed E-state index contributed by atoms with van der Waals surface area (Å²) in [5.41, 5.74) is 1.41. The quantitative estimate of drug-likeness (QED) is 0.769. The number of urea groups is 1. The fourth-order valence-electron chi connectivity index (χ4n) is 2.58. The predicted molar refractivity (Wildman–Crippen MR) is 85.7 cm³/mol. The van der Waals surface area contributed by atoms with Gasteiger partial charge < -0.3 is 15.1 Å². The number of halogens is 1. The number of nitrogens with zero attached hydrogens (tertiary/aromatic N) is 3. The standard InChI is InChI=1S/C16H18FN5O2/c1-9-12-6-11(17)4-5-13(12)24-15(9)10(2)21-16(23)18-7-14-19-8-20-22(14)3/h4-6,8,10H,7H2,1-3H3,(H2,18,21,23)/t10-/m0/s1. The smallest absolute Gasteiger partial charge is 0.315 e. The Hall–Kier alpha value is -2.90. The average Bonchev–Trinajstić information content (AvgIpc) is 3.09. The number of aryl methyl sites for hydroxylation is 2. The van der Waals surface area contributed by atoms with Gasteiger partial charge in [0.2, 0.25) is 0 Å². The molecule has 0 spiro atoms. The molecule has 2 aromatic heterocycles. The predicted octanol–water partition coefficient (Wildman–Crippen LogP) is 2.57. The first-order chi connectivity index (χ1) is 11.5. The SMILES string of the molecule is Cc1c([C@H](C)NC(=O)NCc2ncnn2C)oc2ccc(F)cc12. The van der Waals surface area contributed by atoms with E-state index in [1.54, 1.807) is 17.8 Å². The van der Waals surface area contributed by atoms with Gasteiger partial charge in [0.1, 0.15) is 29.3 Å². The molecule has 0 saturated carbocycles. The number of fused-ring (bicyclic) bond motifs is 1. The van der Waals surface area contributed by atoms with Crippen molar-refractivity contribution in [3.63, 3.8) is 0 Å². The Morgan fingerprint density at radius 3 is 2.96 bits per heavy atom. The number of amides is 2. The minimum absolute atomic E-state index is 0.263. The molecule has 0 fully saturated rings. The Labute approximate surface area is 137 Å². The van der Waals surface area contributed by atoms with Crippen LogP contribution in [0.3, 0.4) is 0 Å². The molecule has 2 N–H and O–H groups in total. The summed E-state index contributed by atoms with van der Waals surface area (Å²) < 4.78 is 20.7. The number of carbonyl (C=O) groups is 1. The van der Waals surface area contributed by atoms with Crippen LogP contribution in [0.4, 0.5) is 9.18 Å². The molecule has 126 valence electrons. The van der Waals surface area contributed by atoms with Gasteiger partial charge in [-0.05, 0) is 32.0 Å². The van der Waals surface area contributed by atoms with E-state index in [-0.39, 0.29) is 24.4 Å². The van der Waals surface area contributed by atoms with Crippen LogP contribution in [0.15, 0.2) is 28.9 Å². The Kier molecular flexibility index (Phi) is 4.20. The number of aromatic nitrogens is 3. The van der Waals surface area contributed by atoms with E-state index in [0.717, 1.165) is 5.56 Å². The van der Waals surface area contributed by atoms with Gasteiger partial charge >= 0.3 is 6.03 Å².